The van der Waals surface area contributed by atoms with Crippen LogP contribution in [0.3, 0.4) is 0 Å². The van der Waals surface area contributed by atoms with Crippen LogP contribution in [0.15, 0.2) is 36.9 Å². The Morgan fingerprint density at radius 3 is 2.50 bits per heavy atom. The van der Waals surface area contributed by atoms with Crippen molar-refractivity contribution in [3.05, 3.63) is 59.2 Å². The summed E-state index contributed by atoms with van der Waals surface area (Å²) in [5.74, 6) is -0.262. The predicted molar refractivity (Wildman–Crippen MR) is 88.8 cm³/mol. The average Bonchev–Trinajstić information content (AvgIpc) is 2.56. The van der Waals surface area contributed by atoms with Crippen molar-refractivity contribution in [2.24, 2.45) is 0 Å². The molecule has 2 aromatic carbocycles. The zero-order valence-corrected chi connectivity index (χ0v) is 13.2. The molecular formula is C19H18O5. The number of phenols is 3. The van der Waals surface area contributed by atoms with Gasteiger partial charge in [0.05, 0.1) is 6.42 Å². The number of allylic oxidation sites excluding steroid dienone is 1. The molecule has 2 aromatic rings. The summed E-state index contributed by atoms with van der Waals surface area (Å²) in [6.45, 7) is 5.24. The summed E-state index contributed by atoms with van der Waals surface area (Å²) in [6.07, 6.45) is 1.34. The van der Waals surface area contributed by atoms with Gasteiger partial charge in [-0.15, -0.1) is 6.58 Å². The molecular weight excluding hydrogens is 308 g/mol. The van der Waals surface area contributed by atoms with E-state index >= 15 is 0 Å². The Bertz CT molecular complexity index is 821. The second kappa shape index (κ2) is 5.92. The fraction of sp³-hybridized carbons (Fsp3) is 0.211. The number of ketones is 1. The third kappa shape index (κ3) is 2.48. The summed E-state index contributed by atoms with van der Waals surface area (Å²) in [5, 5.41) is 30.1. The van der Waals surface area contributed by atoms with Crippen LogP contribution in [-0.2, 0) is 6.42 Å². The minimum Gasteiger partial charge on any atom is -0.508 e. The van der Waals surface area contributed by atoms with Gasteiger partial charge in [-0.3, -0.25) is 4.79 Å². The first kappa shape index (κ1) is 15.9. The molecule has 1 unspecified atom stereocenters. The van der Waals surface area contributed by atoms with Crippen LogP contribution in [0.2, 0.25) is 0 Å². The Morgan fingerprint density at radius 2 is 1.88 bits per heavy atom. The highest BCUT2D eigenvalue weighted by Gasteiger charge is 2.34. The summed E-state index contributed by atoms with van der Waals surface area (Å²) in [4.78, 5) is 12.6. The van der Waals surface area contributed by atoms with E-state index in [2.05, 4.69) is 6.58 Å². The topological polar surface area (TPSA) is 87.0 Å². The van der Waals surface area contributed by atoms with Crippen molar-refractivity contribution in [3.8, 4) is 23.0 Å². The van der Waals surface area contributed by atoms with Crippen molar-refractivity contribution in [3.63, 3.8) is 0 Å². The molecule has 124 valence electrons. The maximum atomic E-state index is 12.6. The Labute approximate surface area is 139 Å². The first-order valence-electron chi connectivity index (χ1n) is 7.61. The van der Waals surface area contributed by atoms with E-state index in [1.807, 2.05) is 0 Å². The summed E-state index contributed by atoms with van der Waals surface area (Å²) < 4.78 is 5.91. The van der Waals surface area contributed by atoms with Crippen molar-refractivity contribution in [1.82, 2.24) is 0 Å². The molecule has 0 bridgehead atoms. The van der Waals surface area contributed by atoms with Gasteiger partial charge < -0.3 is 20.1 Å². The molecule has 0 fully saturated rings. The van der Waals surface area contributed by atoms with Gasteiger partial charge in [0, 0.05) is 11.1 Å². The smallest absolute Gasteiger partial charge is 0.174 e. The van der Waals surface area contributed by atoms with E-state index in [1.54, 1.807) is 25.1 Å². The molecule has 1 atom stereocenters. The van der Waals surface area contributed by atoms with E-state index in [1.165, 1.54) is 12.1 Å². The van der Waals surface area contributed by atoms with Crippen LogP contribution in [0, 0.1) is 6.92 Å². The largest absolute Gasteiger partial charge is 0.508 e. The lowest BCUT2D eigenvalue weighted by Gasteiger charge is -2.28. The fourth-order valence-corrected chi connectivity index (χ4v) is 2.96. The molecule has 0 aromatic heterocycles. The third-order valence-electron chi connectivity index (χ3n) is 4.25. The van der Waals surface area contributed by atoms with Gasteiger partial charge in [-0.2, -0.15) is 0 Å². The number of Topliss-reactive ketones (excluding diaryl/α,β-unsaturated/α-hetero) is 1. The monoisotopic (exact) mass is 326 g/mol. The molecule has 1 heterocycles. The number of benzene rings is 2. The first-order valence-corrected chi connectivity index (χ1v) is 7.61. The number of aromatic hydroxyl groups is 3. The number of hydrogen-bond acceptors (Lipinski definition) is 5. The molecule has 0 aliphatic carbocycles. The van der Waals surface area contributed by atoms with Crippen LogP contribution < -0.4 is 4.74 Å². The zero-order chi connectivity index (χ0) is 17.4. The van der Waals surface area contributed by atoms with E-state index in [0.29, 0.717) is 5.56 Å². The fourth-order valence-electron chi connectivity index (χ4n) is 2.96. The number of phenolic OH excluding ortho intramolecular Hbond substituents is 3. The lowest BCUT2D eigenvalue weighted by Crippen LogP contribution is -2.21. The van der Waals surface area contributed by atoms with Crippen molar-refractivity contribution >= 4 is 5.78 Å². The van der Waals surface area contributed by atoms with Crippen molar-refractivity contribution in [1.29, 1.82) is 0 Å². The quantitative estimate of drug-likeness (QED) is 0.751. The van der Waals surface area contributed by atoms with Gasteiger partial charge in [0.25, 0.3) is 0 Å². The molecule has 3 rings (SSSR count). The average molecular weight is 326 g/mol. The van der Waals surface area contributed by atoms with Crippen molar-refractivity contribution < 1.29 is 24.9 Å². The molecule has 5 nitrogen and oxygen atoms in total. The minimum atomic E-state index is -0.534. The summed E-state index contributed by atoms with van der Waals surface area (Å²) in [7, 11) is 0. The van der Waals surface area contributed by atoms with Gasteiger partial charge >= 0.3 is 0 Å². The lowest BCUT2D eigenvalue weighted by atomic mass is 9.90. The second-order valence-electron chi connectivity index (χ2n) is 5.82. The van der Waals surface area contributed by atoms with Crippen molar-refractivity contribution in [2.45, 2.75) is 25.9 Å². The van der Waals surface area contributed by atoms with E-state index < -0.39 is 6.10 Å². The SMILES string of the molecule is C=CCc1c(O)c(C)c2c(c1O)C(=O)CC(c1ccc(O)cc1)O2. The highest BCUT2D eigenvalue weighted by molar-refractivity contribution is 6.04. The number of carbonyl (C=O) groups is 1. The molecule has 3 N–H and O–H groups in total. The van der Waals surface area contributed by atoms with Gasteiger partial charge in [-0.05, 0) is 31.0 Å². The maximum Gasteiger partial charge on any atom is 0.174 e. The zero-order valence-electron chi connectivity index (χ0n) is 13.2. The second-order valence-corrected chi connectivity index (χ2v) is 5.82. The number of ether oxygens (including phenoxy) is 1. The Morgan fingerprint density at radius 1 is 1.21 bits per heavy atom. The van der Waals surface area contributed by atoms with Crippen LogP contribution in [0.4, 0.5) is 0 Å². The van der Waals surface area contributed by atoms with Crippen LogP contribution in [0.25, 0.3) is 0 Å². The normalized spacial score (nSPS) is 16.4. The number of rotatable bonds is 3. The predicted octanol–water partition coefficient (Wildman–Crippen LogP) is 3.55. The maximum absolute atomic E-state index is 12.6. The molecule has 0 radical (unpaired) electrons. The van der Waals surface area contributed by atoms with Crippen LogP contribution >= 0.6 is 0 Å². The third-order valence-corrected chi connectivity index (χ3v) is 4.25. The standard InChI is InChI=1S/C19H18O5/c1-3-4-13-17(22)10(2)19-16(18(13)23)14(21)9-15(24-19)11-5-7-12(20)8-6-11/h3,5-8,15,20,22-23H,1,4,9H2,2H3. The number of fused-ring (bicyclic) bond motifs is 1. The van der Waals surface area contributed by atoms with Gasteiger partial charge in [0.15, 0.2) is 5.78 Å². The van der Waals surface area contributed by atoms with E-state index in [4.69, 9.17) is 4.74 Å². The van der Waals surface area contributed by atoms with Gasteiger partial charge in [0.2, 0.25) is 0 Å². The molecule has 0 spiro atoms. The Kier molecular flexibility index (Phi) is 3.93. The highest BCUT2D eigenvalue weighted by Crippen LogP contribution is 2.47. The van der Waals surface area contributed by atoms with Gasteiger partial charge in [-0.25, -0.2) is 0 Å². The molecule has 1 aliphatic heterocycles. The van der Waals surface area contributed by atoms with Gasteiger partial charge in [0.1, 0.15) is 34.7 Å². The molecule has 1 aliphatic rings. The van der Waals surface area contributed by atoms with E-state index in [0.717, 1.165) is 5.56 Å². The Hall–Kier alpha value is -2.95. The van der Waals surface area contributed by atoms with Crippen LogP contribution in [-0.4, -0.2) is 21.1 Å². The summed E-state index contributed by atoms with van der Waals surface area (Å²) in [6, 6.07) is 6.40. The minimum absolute atomic E-state index is 0.0725. The van der Waals surface area contributed by atoms with Gasteiger partial charge in [-0.1, -0.05) is 18.2 Å². The first-order chi connectivity index (χ1) is 11.4. The highest BCUT2D eigenvalue weighted by atomic mass is 16.5. The summed E-state index contributed by atoms with van der Waals surface area (Å²) >= 11 is 0. The number of hydrogen-bond donors (Lipinski definition) is 3. The van der Waals surface area contributed by atoms with Crippen LogP contribution in [0.5, 0.6) is 23.0 Å². The molecule has 0 saturated heterocycles. The lowest BCUT2D eigenvalue weighted by molar-refractivity contribution is 0.0842. The Balaban J connectivity index is 2.09. The molecule has 0 amide bonds. The van der Waals surface area contributed by atoms with E-state index in [9.17, 15) is 20.1 Å². The number of carbonyl (C=O) groups excluding carboxylic acids is 1. The molecule has 24 heavy (non-hydrogen) atoms. The van der Waals surface area contributed by atoms with E-state index in [-0.39, 0.29) is 52.7 Å². The molecule has 5 heteroatoms. The summed E-state index contributed by atoms with van der Waals surface area (Å²) in [5.41, 5.74) is 1.54. The van der Waals surface area contributed by atoms with Crippen LogP contribution in [0.1, 0.15) is 39.6 Å². The molecule has 0 saturated carbocycles. The van der Waals surface area contributed by atoms with Crippen molar-refractivity contribution in [2.75, 3.05) is 0 Å².